The summed E-state index contributed by atoms with van der Waals surface area (Å²) in [6.07, 6.45) is 1.60. The number of hydrogen-bond donors (Lipinski definition) is 1. The fourth-order valence-corrected chi connectivity index (χ4v) is 1.84. The van der Waals surface area contributed by atoms with E-state index in [1.54, 1.807) is 37.4 Å². The maximum absolute atomic E-state index is 13.8. The highest BCUT2D eigenvalue weighted by Crippen LogP contribution is 2.15. The summed E-state index contributed by atoms with van der Waals surface area (Å²) in [5, 5.41) is 2.66. The summed E-state index contributed by atoms with van der Waals surface area (Å²) >= 11 is 0. The van der Waals surface area contributed by atoms with Crippen LogP contribution in [0, 0.1) is 12.7 Å². The molecule has 0 aliphatic rings. The van der Waals surface area contributed by atoms with Crippen molar-refractivity contribution >= 4 is 5.91 Å². The van der Waals surface area contributed by atoms with Crippen LogP contribution in [-0.2, 0) is 6.54 Å². The molecule has 20 heavy (non-hydrogen) atoms. The number of aromatic nitrogens is 1. The number of pyridine rings is 1. The number of nitrogens with one attached hydrogen (secondary N) is 1. The van der Waals surface area contributed by atoms with Crippen LogP contribution >= 0.6 is 0 Å². The first-order chi connectivity index (χ1) is 9.63. The Hall–Kier alpha value is -2.43. The lowest BCUT2D eigenvalue weighted by Gasteiger charge is -2.09. The molecule has 2 rings (SSSR count). The molecule has 1 heterocycles. The van der Waals surface area contributed by atoms with Crippen LogP contribution in [0.1, 0.15) is 21.5 Å². The van der Waals surface area contributed by atoms with E-state index in [0.29, 0.717) is 11.4 Å². The molecule has 0 aliphatic carbocycles. The standard InChI is InChI=1S/C15H15FN2O2/c1-10-5-3-7-12(13(10)16)14(19)18-9-11-6-4-8-17-15(11)20-2/h3-8H,9H2,1-2H3,(H,18,19). The first kappa shape index (κ1) is 14.0. The zero-order valence-corrected chi connectivity index (χ0v) is 11.3. The van der Waals surface area contributed by atoms with Crippen molar-refractivity contribution in [2.75, 3.05) is 7.11 Å². The topological polar surface area (TPSA) is 51.2 Å². The smallest absolute Gasteiger partial charge is 0.254 e. The molecule has 1 N–H and O–H groups in total. The normalized spacial score (nSPS) is 10.2. The minimum absolute atomic E-state index is 0.0351. The van der Waals surface area contributed by atoms with Gasteiger partial charge in [-0.15, -0.1) is 0 Å². The lowest BCUT2D eigenvalue weighted by atomic mass is 10.1. The van der Waals surface area contributed by atoms with E-state index in [9.17, 15) is 9.18 Å². The largest absolute Gasteiger partial charge is 0.481 e. The first-order valence-electron chi connectivity index (χ1n) is 6.14. The average Bonchev–Trinajstić information content (AvgIpc) is 2.48. The summed E-state index contributed by atoms with van der Waals surface area (Å²) in [4.78, 5) is 16.0. The Morgan fingerprint density at radius 3 is 2.90 bits per heavy atom. The second kappa shape index (κ2) is 6.14. The average molecular weight is 274 g/mol. The van der Waals surface area contributed by atoms with Gasteiger partial charge in [-0.1, -0.05) is 18.2 Å². The minimum atomic E-state index is -0.497. The summed E-state index contributed by atoms with van der Waals surface area (Å²) in [6, 6.07) is 8.27. The number of rotatable bonds is 4. The van der Waals surface area contributed by atoms with Crippen LogP contribution in [0.2, 0.25) is 0 Å². The van der Waals surface area contributed by atoms with Gasteiger partial charge in [0.15, 0.2) is 0 Å². The van der Waals surface area contributed by atoms with E-state index in [1.807, 2.05) is 0 Å². The van der Waals surface area contributed by atoms with Crippen LogP contribution in [0.4, 0.5) is 4.39 Å². The summed E-state index contributed by atoms with van der Waals surface area (Å²) in [5.41, 5.74) is 1.21. The number of carbonyl (C=O) groups excluding carboxylic acids is 1. The zero-order valence-electron chi connectivity index (χ0n) is 11.3. The monoisotopic (exact) mass is 274 g/mol. The van der Waals surface area contributed by atoms with Crippen LogP contribution in [0.25, 0.3) is 0 Å². The second-order valence-corrected chi connectivity index (χ2v) is 4.29. The zero-order chi connectivity index (χ0) is 14.5. The summed E-state index contributed by atoms with van der Waals surface area (Å²) in [6.45, 7) is 1.85. The van der Waals surface area contributed by atoms with Gasteiger partial charge in [0.25, 0.3) is 5.91 Å². The molecule has 104 valence electrons. The van der Waals surface area contributed by atoms with Gasteiger partial charge < -0.3 is 10.1 Å². The van der Waals surface area contributed by atoms with Crippen molar-refractivity contribution in [1.82, 2.24) is 10.3 Å². The third kappa shape index (κ3) is 2.93. The van der Waals surface area contributed by atoms with E-state index in [2.05, 4.69) is 10.3 Å². The van der Waals surface area contributed by atoms with Crippen LogP contribution in [-0.4, -0.2) is 18.0 Å². The number of ether oxygens (including phenoxy) is 1. The Bertz CT molecular complexity index is 629. The van der Waals surface area contributed by atoms with Gasteiger partial charge in [-0.2, -0.15) is 0 Å². The molecule has 2 aromatic rings. The van der Waals surface area contributed by atoms with Crippen LogP contribution in [0.15, 0.2) is 36.5 Å². The number of aryl methyl sites for hydroxylation is 1. The fourth-order valence-electron chi connectivity index (χ4n) is 1.84. The van der Waals surface area contributed by atoms with Gasteiger partial charge in [0.1, 0.15) is 5.82 Å². The summed E-state index contributed by atoms with van der Waals surface area (Å²) in [7, 11) is 1.51. The maximum atomic E-state index is 13.8. The van der Waals surface area contributed by atoms with Crippen LogP contribution in [0.3, 0.4) is 0 Å². The van der Waals surface area contributed by atoms with Crippen molar-refractivity contribution in [3.8, 4) is 5.88 Å². The Balaban J connectivity index is 2.11. The summed E-state index contributed by atoms with van der Waals surface area (Å²) < 4.78 is 18.9. The van der Waals surface area contributed by atoms with Crippen molar-refractivity contribution in [1.29, 1.82) is 0 Å². The quantitative estimate of drug-likeness (QED) is 0.931. The van der Waals surface area contributed by atoms with E-state index in [0.717, 1.165) is 5.56 Å². The first-order valence-corrected chi connectivity index (χ1v) is 6.14. The van der Waals surface area contributed by atoms with Gasteiger partial charge in [0.2, 0.25) is 5.88 Å². The van der Waals surface area contributed by atoms with Crippen molar-refractivity contribution in [2.45, 2.75) is 13.5 Å². The molecule has 1 amide bonds. The highest BCUT2D eigenvalue weighted by Gasteiger charge is 2.13. The molecule has 1 aromatic carbocycles. The van der Waals surface area contributed by atoms with Crippen molar-refractivity contribution in [2.24, 2.45) is 0 Å². The highest BCUT2D eigenvalue weighted by atomic mass is 19.1. The molecule has 0 fully saturated rings. The number of benzene rings is 1. The lowest BCUT2D eigenvalue weighted by Crippen LogP contribution is -2.24. The number of methoxy groups -OCH3 is 1. The Morgan fingerprint density at radius 1 is 1.35 bits per heavy atom. The van der Waals surface area contributed by atoms with E-state index in [-0.39, 0.29) is 12.1 Å². The van der Waals surface area contributed by atoms with Crippen molar-refractivity contribution < 1.29 is 13.9 Å². The van der Waals surface area contributed by atoms with Crippen molar-refractivity contribution in [3.05, 3.63) is 59.0 Å². The number of hydrogen-bond acceptors (Lipinski definition) is 3. The third-order valence-electron chi connectivity index (χ3n) is 2.92. The van der Waals surface area contributed by atoms with E-state index in [4.69, 9.17) is 4.74 Å². The highest BCUT2D eigenvalue weighted by molar-refractivity contribution is 5.94. The van der Waals surface area contributed by atoms with Gasteiger partial charge in [-0.05, 0) is 24.6 Å². The molecule has 5 heteroatoms. The second-order valence-electron chi connectivity index (χ2n) is 4.29. The number of nitrogens with zero attached hydrogens (tertiary/aromatic N) is 1. The molecule has 0 bridgehead atoms. The lowest BCUT2D eigenvalue weighted by molar-refractivity contribution is 0.0946. The molecule has 0 aliphatic heterocycles. The number of amides is 1. The fraction of sp³-hybridized carbons (Fsp3) is 0.200. The maximum Gasteiger partial charge on any atom is 0.254 e. The minimum Gasteiger partial charge on any atom is -0.481 e. The van der Waals surface area contributed by atoms with Gasteiger partial charge in [-0.25, -0.2) is 9.37 Å². The van der Waals surface area contributed by atoms with Crippen LogP contribution in [0.5, 0.6) is 5.88 Å². The molecule has 0 radical (unpaired) electrons. The molecular weight excluding hydrogens is 259 g/mol. The van der Waals surface area contributed by atoms with Gasteiger partial charge in [-0.3, -0.25) is 4.79 Å². The predicted molar refractivity (Wildman–Crippen MR) is 73.1 cm³/mol. The molecular formula is C15H15FN2O2. The predicted octanol–water partition coefficient (Wildman–Crippen LogP) is 2.47. The third-order valence-corrected chi connectivity index (χ3v) is 2.92. The molecule has 1 aromatic heterocycles. The number of carbonyl (C=O) groups is 1. The van der Waals surface area contributed by atoms with Gasteiger partial charge >= 0.3 is 0 Å². The Labute approximate surface area is 116 Å². The van der Waals surface area contributed by atoms with Crippen LogP contribution < -0.4 is 10.1 Å². The molecule has 0 saturated heterocycles. The molecule has 0 unspecified atom stereocenters. The SMILES string of the molecule is COc1ncccc1CNC(=O)c1cccc(C)c1F. The summed E-state index contributed by atoms with van der Waals surface area (Å²) in [5.74, 6) is -0.516. The van der Waals surface area contributed by atoms with E-state index >= 15 is 0 Å². The molecule has 0 saturated carbocycles. The van der Waals surface area contributed by atoms with E-state index in [1.165, 1.54) is 13.2 Å². The van der Waals surface area contributed by atoms with Gasteiger partial charge in [0.05, 0.1) is 12.7 Å². The molecule has 4 nitrogen and oxygen atoms in total. The van der Waals surface area contributed by atoms with Crippen molar-refractivity contribution in [3.63, 3.8) is 0 Å². The number of halogens is 1. The van der Waals surface area contributed by atoms with E-state index < -0.39 is 11.7 Å². The molecule has 0 atom stereocenters. The van der Waals surface area contributed by atoms with Gasteiger partial charge in [0, 0.05) is 18.3 Å². The Kier molecular flexibility index (Phi) is 4.30. The Morgan fingerprint density at radius 2 is 2.15 bits per heavy atom. The molecule has 0 spiro atoms.